The van der Waals surface area contributed by atoms with Crippen molar-refractivity contribution in [2.45, 2.75) is 32.4 Å². The Morgan fingerprint density at radius 3 is 2.60 bits per heavy atom. The Morgan fingerprint density at radius 2 is 2.00 bits per heavy atom. The van der Waals surface area contributed by atoms with Crippen LogP contribution in [0.1, 0.15) is 25.3 Å². The normalized spacial score (nSPS) is 17.0. The second kappa shape index (κ2) is 8.85. The summed E-state index contributed by atoms with van der Waals surface area (Å²) in [7, 11) is 5.22. The fourth-order valence-corrected chi connectivity index (χ4v) is 3.18. The highest BCUT2D eigenvalue weighted by Gasteiger charge is 2.30. The summed E-state index contributed by atoms with van der Waals surface area (Å²) in [6, 6.07) is 7.49. The van der Waals surface area contributed by atoms with Crippen LogP contribution in [0.2, 0.25) is 0 Å². The molecule has 138 valence electrons. The van der Waals surface area contributed by atoms with Crippen molar-refractivity contribution in [3.05, 3.63) is 29.8 Å². The number of nitrogens with zero attached hydrogens (tertiary/aromatic N) is 2. The molecule has 1 heterocycles. The topological polar surface area (TPSA) is 61.9 Å². The maximum absolute atomic E-state index is 12.4. The number of likely N-dealkylation sites (tertiary alicyclic amines) is 1. The first-order valence-electron chi connectivity index (χ1n) is 8.78. The van der Waals surface area contributed by atoms with Gasteiger partial charge in [-0.25, -0.2) is 0 Å². The molecule has 0 radical (unpaired) electrons. The van der Waals surface area contributed by atoms with Gasteiger partial charge in [0, 0.05) is 26.6 Å². The molecule has 1 atom stereocenters. The Hall–Kier alpha value is -2.08. The van der Waals surface area contributed by atoms with E-state index in [0.717, 1.165) is 37.2 Å². The second-order valence-electron chi connectivity index (χ2n) is 6.79. The molecule has 6 nitrogen and oxygen atoms in total. The van der Waals surface area contributed by atoms with E-state index in [1.165, 1.54) is 0 Å². The number of carbonyl (C=O) groups is 2. The Balaban J connectivity index is 1.81. The molecule has 1 aliphatic heterocycles. The third-order valence-electron chi connectivity index (χ3n) is 4.85. The fourth-order valence-electron chi connectivity index (χ4n) is 3.18. The van der Waals surface area contributed by atoms with Gasteiger partial charge < -0.3 is 15.0 Å². The zero-order chi connectivity index (χ0) is 18.4. The van der Waals surface area contributed by atoms with Crippen LogP contribution in [0.3, 0.4) is 0 Å². The summed E-state index contributed by atoms with van der Waals surface area (Å²) in [6.07, 6.45) is 1.62. The van der Waals surface area contributed by atoms with Crippen molar-refractivity contribution < 1.29 is 14.3 Å². The zero-order valence-electron chi connectivity index (χ0n) is 15.6. The summed E-state index contributed by atoms with van der Waals surface area (Å²) >= 11 is 0. The number of hydrogen-bond acceptors (Lipinski definition) is 4. The van der Waals surface area contributed by atoms with E-state index >= 15 is 0 Å². The van der Waals surface area contributed by atoms with Gasteiger partial charge >= 0.3 is 0 Å². The maximum Gasteiger partial charge on any atom is 0.237 e. The number of rotatable bonds is 6. The predicted octanol–water partition coefficient (Wildman–Crippen LogP) is 1.50. The van der Waals surface area contributed by atoms with Gasteiger partial charge in [0.15, 0.2) is 0 Å². The fraction of sp³-hybridized carbons (Fsp3) is 0.579. The molecule has 1 aliphatic rings. The summed E-state index contributed by atoms with van der Waals surface area (Å²) in [6.45, 7) is 3.96. The van der Waals surface area contributed by atoms with Gasteiger partial charge in [-0.1, -0.05) is 12.1 Å². The first-order valence-corrected chi connectivity index (χ1v) is 8.78. The Labute approximate surface area is 150 Å². The van der Waals surface area contributed by atoms with Crippen LogP contribution in [-0.4, -0.2) is 62.0 Å². The molecule has 6 heteroatoms. The minimum atomic E-state index is -0.194. The average molecular weight is 347 g/mol. The SMILES string of the molecule is COc1cccc(CNC(=O)C(C)N2CCC(C(=O)N(C)C)CC2)c1. The Bertz CT molecular complexity index is 595. The van der Waals surface area contributed by atoms with Gasteiger partial charge in [0.05, 0.1) is 13.2 Å². The van der Waals surface area contributed by atoms with Gasteiger partial charge in [-0.2, -0.15) is 0 Å². The molecule has 1 saturated heterocycles. The third kappa shape index (κ3) is 5.19. The first-order chi connectivity index (χ1) is 11.9. The quantitative estimate of drug-likeness (QED) is 0.847. The van der Waals surface area contributed by atoms with E-state index in [0.29, 0.717) is 6.54 Å². The predicted molar refractivity (Wildman–Crippen MR) is 97.3 cm³/mol. The van der Waals surface area contributed by atoms with E-state index in [1.807, 2.05) is 31.2 Å². The van der Waals surface area contributed by atoms with E-state index in [2.05, 4.69) is 10.2 Å². The maximum atomic E-state index is 12.4. The lowest BCUT2D eigenvalue weighted by Gasteiger charge is -2.35. The molecule has 0 bridgehead atoms. The Morgan fingerprint density at radius 1 is 1.32 bits per heavy atom. The van der Waals surface area contributed by atoms with Crippen molar-refractivity contribution >= 4 is 11.8 Å². The molecular weight excluding hydrogens is 318 g/mol. The van der Waals surface area contributed by atoms with Crippen LogP contribution in [0.15, 0.2) is 24.3 Å². The smallest absolute Gasteiger partial charge is 0.237 e. The number of ether oxygens (including phenoxy) is 1. The van der Waals surface area contributed by atoms with Crippen molar-refractivity contribution in [1.29, 1.82) is 0 Å². The number of benzene rings is 1. The van der Waals surface area contributed by atoms with Crippen LogP contribution >= 0.6 is 0 Å². The third-order valence-corrected chi connectivity index (χ3v) is 4.85. The number of piperidine rings is 1. The highest BCUT2D eigenvalue weighted by molar-refractivity contribution is 5.81. The molecule has 1 aromatic rings. The largest absolute Gasteiger partial charge is 0.497 e. The first kappa shape index (κ1) is 19.2. The summed E-state index contributed by atoms with van der Waals surface area (Å²) in [5, 5.41) is 2.99. The molecule has 0 aliphatic carbocycles. The van der Waals surface area contributed by atoms with Gasteiger partial charge in [-0.05, 0) is 50.6 Å². The molecule has 0 saturated carbocycles. The minimum Gasteiger partial charge on any atom is -0.497 e. The number of hydrogen-bond donors (Lipinski definition) is 1. The van der Waals surface area contributed by atoms with Crippen molar-refractivity contribution in [3.8, 4) is 5.75 Å². The van der Waals surface area contributed by atoms with Crippen LogP contribution < -0.4 is 10.1 Å². The summed E-state index contributed by atoms with van der Waals surface area (Å²) < 4.78 is 5.20. The molecular formula is C19H29N3O3. The lowest BCUT2D eigenvalue weighted by molar-refractivity contribution is -0.135. The zero-order valence-corrected chi connectivity index (χ0v) is 15.6. The molecule has 0 spiro atoms. The summed E-state index contributed by atoms with van der Waals surface area (Å²) in [5.74, 6) is 1.07. The van der Waals surface area contributed by atoms with Crippen molar-refractivity contribution in [1.82, 2.24) is 15.1 Å². The number of carbonyl (C=O) groups excluding carboxylic acids is 2. The highest BCUT2D eigenvalue weighted by atomic mass is 16.5. The monoisotopic (exact) mass is 347 g/mol. The molecule has 1 unspecified atom stereocenters. The molecule has 1 aromatic carbocycles. The van der Waals surface area contributed by atoms with Gasteiger partial charge in [-0.3, -0.25) is 14.5 Å². The summed E-state index contributed by atoms with van der Waals surface area (Å²) in [4.78, 5) is 28.3. The van der Waals surface area contributed by atoms with Gasteiger partial charge in [0.25, 0.3) is 0 Å². The number of nitrogens with one attached hydrogen (secondary N) is 1. The van der Waals surface area contributed by atoms with Crippen molar-refractivity contribution in [2.24, 2.45) is 5.92 Å². The second-order valence-corrected chi connectivity index (χ2v) is 6.79. The minimum absolute atomic E-state index is 0.0141. The lowest BCUT2D eigenvalue weighted by Crippen LogP contribution is -2.49. The van der Waals surface area contributed by atoms with Crippen LogP contribution in [0.4, 0.5) is 0 Å². The van der Waals surface area contributed by atoms with E-state index < -0.39 is 0 Å². The highest BCUT2D eigenvalue weighted by Crippen LogP contribution is 2.20. The standard InChI is InChI=1S/C19H29N3O3/c1-14(22-10-8-16(9-11-22)19(24)21(2)3)18(23)20-13-15-6-5-7-17(12-15)25-4/h5-7,12,14,16H,8-11,13H2,1-4H3,(H,20,23). The molecule has 25 heavy (non-hydrogen) atoms. The van der Waals surface area contributed by atoms with Gasteiger partial charge in [0.2, 0.25) is 11.8 Å². The van der Waals surface area contributed by atoms with Crippen LogP contribution in [0, 0.1) is 5.92 Å². The van der Waals surface area contributed by atoms with E-state index in [9.17, 15) is 9.59 Å². The van der Waals surface area contributed by atoms with Crippen LogP contribution in [0.25, 0.3) is 0 Å². The molecule has 0 aromatic heterocycles. The molecule has 2 amide bonds. The number of amides is 2. The van der Waals surface area contributed by atoms with Crippen LogP contribution in [0.5, 0.6) is 5.75 Å². The van der Waals surface area contributed by atoms with E-state index in [4.69, 9.17) is 4.74 Å². The van der Waals surface area contributed by atoms with Crippen LogP contribution in [-0.2, 0) is 16.1 Å². The van der Waals surface area contributed by atoms with Crippen molar-refractivity contribution in [3.63, 3.8) is 0 Å². The van der Waals surface area contributed by atoms with Crippen molar-refractivity contribution in [2.75, 3.05) is 34.3 Å². The van der Waals surface area contributed by atoms with E-state index in [1.54, 1.807) is 26.1 Å². The molecule has 1 N–H and O–H groups in total. The Kier molecular flexibility index (Phi) is 6.82. The molecule has 1 fully saturated rings. The van der Waals surface area contributed by atoms with E-state index in [-0.39, 0.29) is 23.8 Å². The molecule has 2 rings (SSSR count). The van der Waals surface area contributed by atoms with Gasteiger partial charge in [-0.15, -0.1) is 0 Å². The van der Waals surface area contributed by atoms with Gasteiger partial charge in [0.1, 0.15) is 5.75 Å². The average Bonchev–Trinajstić information content (AvgIpc) is 2.65. The number of methoxy groups -OCH3 is 1. The lowest BCUT2D eigenvalue weighted by atomic mass is 9.94. The summed E-state index contributed by atoms with van der Waals surface area (Å²) in [5.41, 5.74) is 1.01.